The lowest BCUT2D eigenvalue weighted by Crippen LogP contribution is -2.25. The van der Waals surface area contributed by atoms with Gasteiger partial charge in [-0.2, -0.15) is 0 Å². The van der Waals surface area contributed by atoms with Crippen LogP contribution in [0.15, 0.2) is 59.1 Å². The molecule has 1 amide bonds. The number of hydrogen-bond donors (Lipinski definition) is 1. The van der Waals surface area contributed by atoms with Crippen LogP contribution >= 0.6 is 0 Å². The number of carbonyl (C=O) groups excluding carboxylic acids is 1. The first-order valence-corrected chi connectivity index (χ1v) is 8.75. The molecule has 1 N–H and O–H groups in total. The highest BCUT2D eigenvalue weighted by molar-refractivity contribution is 5.93. The second-order valence-electron chi connectivity index (χ2n) is 6.05. The smallest absolute Gasteiger partial charge is 0.273 e. The molecule has 0 unspecified atom stereocenters. The molecule has 0 aliphatic heterocycles. The molecule has 6 heteroatoms. The summed E-state index contributed by atoms with van der Waals surface area (Å²) < 4.78 is 16.3. The largest absolute Gasteiger partial charge is 0.496 e. The van der Waals surface area contributed by atoms with Crippen molar-refractivity contribution in [3.05, 3.63) is 65.9 Å². The van der Waals surface area contributed by atoms with Crippen LogP contribution in [-0.2, 0) is 0 Å². The maximum Gasteiger partial charge on any atom is 0.273 e. The van der Waals surface area contributed by atoms with Gasteiger partial charge < -0.3 is 19.3 Å². The first-order chi connectivity index (χ1) is 13.2. The van der Waals surface area contributed by atoms with Crippen molar-refractivity contribution in [3.8, 4) is 22.8 Å². The van der Waals surface area contributed by atoms with E-state index in [1.54, 1.807) is 13.2 Å². The average Bonchev–Trinajstić information content (AvgIpc) is 3.18. The predicted molar refractivity (Wildman–Crippen MR) is 102 cm³/mol. The molecule has 0 atom stereocenters. The Kier molecular flexibility index (Phi) is 6.10. The van der Waals surface area contributed by atoms with E-state index in [4.69, 9.17) is 14.0 Å². The molecule has 0 aliphatic carbocycles. The van der Waals surface area contributed by atoms with Crippen LogP contribution in [0.4, 0.5) is 0 Å². The quantitative estimate of drug-likeness (QED) is 0.613. The maximum atomic E-state index is 12.2. The Bertz CT molecular complexity index is 904. The minimum atomic E-state index is -0.282. The van der Waals surface area contributed by atoms with Crippen LogP contribution in [0, 0.1) is 6.92 Å². The summed E-state index contributed by atoms with van der Waals surface area (Å²) in [6.45, 7) is 3.03. The van der Waals surface area contributed by atoms with Gasteiger partial charge in [-0.3, -0.25) is 4.79 Å². The van der Waals surface area contributed by atoms with Gasteiger partial charge in [-0.15, -0.1) is 0 Å². The minimum Gasteiger partial charge on any atom is -0.496 e. The lowest BCUT2D eigenvalue weighted by atomic mass is 10.1. The Morgan fingerprint density at radius 3 is 2.81 bits per heavy atom. The van der Waals surface area contributed by atoms with Gasteiger partial charge in [-0.25, -0.2) is 0 Å². The summed E-state index contributed by atoms with van der Waals surface area (Å²) >= 11 is 0. The fourth-order valence-electron chi connectivity index (χ4n) is 2.62. The van der Waals surface area contributed by atoms with Crippen LogP contribution in [0.3, 0.4) is 0 Å². The third kappa shape index (κ3) is 4.88. The maximum absolute atomic E-state index is 12.2. The summed E-state index contributed by atoms with van der Waals surface area (Å²) in [5.74, 6) is 1.70. The van der Waals surface area contributed by atoms with Gasteiger partial charge in [0.2, 0.25) is 0 Å². The molecule has 2 aromatic carbocycles. The van der Waals surface area contributed by atoms with Crippen LogP contribution in [0.2, 0.25) is 0 Å². The van der Waals surface area contributed by atoms with E-state index in [-0.39, 0.29) is 11.6 Å². The molecule has 0 aliphatic rings. The van der Waals surface area contributed by atoms with Gasteiger partial charge in [0.15, 0.2) is 11.5 Å². The van der Waals surface area contributed by atoms with Crippen LogP contribution in [0.25, 0.3) is 11.3 Å². The van der Waals surface area contributed by atoms with Crippen LogP contribution in [0.5, 0.6) is 11.5 Å². The third-order valence-corrected chi connectivity index (χ3v) is 3.98. The van der Waals surface area contributed by atoms with Gasteiger partial charge in [0.25, 0.3) is 5.91 Å². The number of aromatic nitrogens is 1. The number of ether oxygens (including phenoxy) is 2. The van der Waals surface area contributed by atoms with Gasteiger partial charge in [-0.05, 0) is 43.2 Å². The third-order valence-electron chi connectivity index (χ3n) is 3.98. The lowest BCUT2D eigenvalue weighted by Gasteiger charge is -2.07. The highest BCUT2D eigenvalue weighted by Crippen LogP contribution is 2.29. The van der Waals surface area contributed by atoms with Crippen molar-refractivity contribution in [2.75, 3.05) is 20.3 Å². The average molecular weight is 366 g/mol. The van der Waals surface area contributed by atoms with Crippen LogP contribution in [-0.4, -0.2) is 31.3 Å². The van der Waals surface area contributed by atoms with E-state index >= 15 is 0 Å². The van der Waals surface area contributed by atoms with E-state index in [0.717, 1.165) is 16.9 Å². The number of amides is 1. The standard InChI is InChI=1S/C21H22N2O4/c1-15-7-5-8-16(13-15)26-12-6-11-22-21(24)18-14-20(27-23-18)17-9-3-4-10-19(17)25-2/h3-5,7-10,13-14H,6,11-12H2,1-2H3,(H,22,24). The number of para-hydroxylation sites is 1. The van der Waals surface area contributed by atoms with Gasteiger partial charge in [-0.1, -0.05) is 29.4 Å². The zero-order chi connectivity index (χ0) is 19.1. The predicted octanol–water partition coefficient (Wildman–Crippen LogP) is 3.86. The van der Waals surface area contributed by atoms with Gasteiger partial charge in [0, 0.05) is 12.6 Å². The Morgan fingerprint density at radius 1 is 1.15 bits per heavy atom. The zero-order valence-corrected chi connectivity index (χ0v) is 15.4. The van der Waals surface area contributed by atoms with Crippen molar-refractivity contribution in [2.45, 2.75) is 13.3 Å². The molecule has 6 nitrogen and oxygen atoms in total. The molecule has 3 aromatic rings. The highest BCUT2D eigenvalue weighted by Gasteiger charge is 2.15. The van der Waals surface area contributed by atoms with Crippen molar-refractivity contribution in [2.24, 2.45) is 0 Å². The van der Waals surface area contributed by atoms with E-state index in [0.29, 0.717) is 31.1 Å². The van der Waals surface area contributed by atoms with Gasteiger partial charge in [0.05, 0.1) is 19.3 Å². The van der Waals surface area contributed by atoms with E-state index in [2.05, 4.69) is 10.5 Å². The molecule has 0 bridgehead atoms. The number of benzene rings is 2. The Labute approximate surface area is 158 Å². The summed E-state index contributed by atoms with van der Waals surface area (Å²) in [7, 11) is 1.58. The number of aryl methyl sites for hydroxylation is 1. The van der Waals surface area contributed by atoms with Crippen molar-refractivity contribution >= 4 is 5.91 Å². The molecule has 27 heavy (non-hydrogen) atoms. The minimum absolute atomic E-state index is 0.232. The van der Waals surface area contributed by atoms with Crippen molar-refractivity contribution in [3.63, 3.8) is 0 Å². The van der Waals surface area contributed by atoms with E-state index in [1.165, 1.54) is 0 Å². The summed E-state index contributed by atoms with van der Waals surface area (Å²) in [5, 5.41) is 6.67. The van der Waals surface area contributed by atoms with Gasteiger partial charge >= 0.3 is 0 Å². The monoisotopic (exact) mass is 366 g/mol. The van der Waals surface area contributed by atoms with E-state index < -0.39 is 0 Å². The molecule has 1 heterocycles. The van der Waals surface area contributed by atoms with Crippen molar-refractivity contribution in [1.29, 1.82) is 0 Å². The molecule has 0 fully saturated rings. The summed E-state index contributed by atoms with van der Waals surface area (Å²) in [5.41, 5.74) is 2.13. The Morgan fingerprint density at radius 2 is 2.00 bits per heavy atom. The molecule has 0 saturated carbocycles. The number of rotatable bonds is 8. The number of hydrogen-bond acceptors (Lipinski definition) is 5. The molecular formula is C21H22N2O4. The fourth-order valence-corrected chi connectivity index (χ4v) is 2.62. The molecule has 3 rings (SSSR count). The lowest BCUT2D eigenvalue weighted by molar-refractivity contribution is 0.0942. The number of methoxy groups -OCH3 is 1. The summed E-state index contributed by atoms with van der Waals surface area (Å²) in [6, 6.07) is 16.9. The number of carbonyl (C=O) groups is 1. The van der Waals surface area contributed by atoms with Crippen molar-refractivity contribution in [1.82, 2.24) is 10.5 Å². The van der Waals surface area contributed by atoms with Crippen LogP contribution < -0.4 is 14.8 Å². The molecule has 0 spiro atoms. The summed E-state index contributed by atoms with van der Waals surface area (Å²) in [4.78, 5) is 12.2. The fraction of sp³-hybridized carbons (Fsp3) is 0.238. The van der Waals surface area contributed by atoms with Gasteiger partial charge in [0.1, 0.15) is 11.5 Å². The molecular weight excluding hydrogens is 344 g/mol. The molecule has 0 saturated heterocycles. The molecule has 140 valence electrons. The Balaban J connectivity index is 1.48. The topological polar surface area (TPSA) is 73.6 Å². The number of nitrogens with one attached hydrogen (secondary N) is 1. The number of nitrogens with zero attached hydrogens (tertiary/aromatic N) is 1. The second kappa shape index (κ2) is 8.89. The van der Waals surface area contributed by atoms with Crippen LogP contribution in [0.1, 0.15) is 22.5 Å². The molecule has 0 radical (unpaired) electrons. The Hall–Kier alpha value is -3.28. The van der Waals surface area contributed by atoms with Crippen molar-refractivity contribution < 1.29 is 18.8 Å². The zero-order valence-electron chi connectivity index (χ0n) is 15.4. The molecule has 1 aromatic heterocycles. The second-order valence-corrected chi connectivity index (χ2v) is 6.05. The van der Waals surface area contributed by atoms with E-state index in [1.807, 2.05) is 55.5 Å². The first-order valence-electron chi connectivity index (χ1n) is 8.75. The summed E-state index contributed by atoms with van der Waals surface area (Å²) in [6.07, 6.45) is 0.691. The first kappa shape index (κ1) is 18.5. The normalized spacial score (nSPS) is 10.4. The SMILES string of the molecule is COc1ccccc1-c1cc(C(=O)NCCCOc2cccc(C)c2)no1. The highest BCUT2D eigenvalue weighted by atomic mass is 16.5. The van der Waals surface area contributed by atoms with E-state index in [9.17, 15) is 4.79 Å².